The lowest BCUT2D eigenvalue weighted by molar-refractivity contribution is -0.137. The van der Waals surface area contributed by atoms with Crippen LogP contribution in [0.15, 0.2) is 40.2 Å². The zero-order chi connectivity index (χ0) is 11.8. The summed E-state index contributed by atoms with van der Waals surface area (Å²) in [6.45, 7) is 0. The summed E-state index contributed by atoms with van der Waals surface area (Å²) in [7, 11) is 0. The van der Waals surface area contributed by atoms with Gasteiger partial charge < -0.3 is 0 Å². The molecule has 1 aromatic carbocycles. The Morgan fingerprint density at radius 3 is 2.25 bits per heavy atom. The molecule has 2 rings (SSSR count). The van der Waals surface area contributed by atoms with Crippen LogP contribution in [0.3, 0.4) is 0 Å². The molecule has 2 aromatic rings. The highest BCUT2D eigenvalue weighted by Crippen LogP contribution is 2.40. The average Bonchev–Trinajstić information content (AvgIpc) is 2.64. The highest BCUT2D eigenvalue weighted by molar-refractivity contribution is 9.11. The first-order chi connectivity index (χ1) is 7.48. The van der Waals surface area contributed by atoms with Crippen molar-refractivity contribution in [3.05, 3.63) is 45.7 Å². The lowest BCUT2D eigenvalue weighted by Crippen LogP contribution is -2.06. The van der Waals surface area contributed by atoms with Gasteiger partial charge in [0.1, 0.15) is 0 Å². The van der Waals surface area contributed by atoms with Gasteiger partial charge in [-0.2, -0.15) is 13.2 Å². The van der Waals surface area contributed by atoms with E-state index < -0.39 is 11.7 Å². The minimum atomic E-state index is -4.31. The second-order valence-electron chi connectivity index (χ2n) is 3.15. The molecule has 0 spiro atoms. The molecule has 16 heavy (non-hydrogen) atoms. The summed E-state index contributed by atoms with van der Waals surface area (Å²) >= 11 is 4.53. The summed E-state index contributed by atoms with van der Waals surface area (Å²) in [5.41, 5.74) is -0.366. The van der Waals surface area contributed by atoms with Crippen molar-refractivity contribution in [3.63, 3.8) is 0 Å². The Bertz CT molecular complexity index is 502. The zero-order valence-electron chi connectivity index (χ0n) is 7.88. The predicted octanol–water partition coefficient (Wildman–Crippen LogP) is 5.20. The fraction of sp³-hybridized carbons (Fsp3) is 0.0909. The van der Waals surface area contributed by atoms with Crippen molar-refractivity contribution in [1.29, 1.82) is 0 Å². The maximum atomic E-state index is 12.7. The third-order valence-corrected chi connectivity index (χ3v) is 3.73. The monoisotopic (exact) mass is 306 g/mol. The van der Waals surface area contributed by atoms with Crippen LogP contribution in [0.5, 0.6) is 0 Å². The van der Waals surface area contributed by atoms with E-state index in [4.69, 9.17) is 0 Å². The number of halogens is 4. The van der Waals surface area contributed by atoms with Gasteiger partial charge in [0.05, 0.1) is 9.35 Å². The topological polar surface area (TPSA) is 0 Å². The molecule has 0 nitrogen and oxygen atoms in total. The lowest BCUT2D eigenvalue weighted by Gasteiger charge is -2.10. The van der Waals surface area contributed by atoms with Gasteiger partial charge in [0.25, 0.3) is 0 Å². The quantitative estimate of drug-likeness (QED) is 0.679. The van der Waals surface area contributed by atoms with E-state index in [-0.39, 0.29) is 5.56 Å². The van der Waals surface area contributed by atoms with Crippen LogP contribution < -0.4 is 0 Å². The van der Waals surface area contributed by atoms with Crippen LogP contribution in [-0.2, 0) is 6.18 Å². The molecule has 0 saturated carbocycles. The SMILES string of the molecule is FC(F)(F)c1ccccc1-c1ccc(Br)s1. The van der Waals surface area contributed by atoms with Crippen LogP contribution in [0.2, 0.25) is 0 Å². The maximum absolute atomic E-state index is 12.7. The van der Waals surface area contributed by atoms with E-state index in [1.54, 1.807) is 18.2 Å². The molecule has 0 amide bonds. The normalized spacial score (nSPS) is 11.8. The van der Waals surface area contributed by atoms with Crippen LogP contribution >= 0.6 is 27.3 Å². The summed E-state index contributed by atoms with van der Waals surface area (Å²) in [4.78, 5) is 0.611. The highest BCUT2D eigenvalue weighted by Gasteiger charge is 2.33. The van der Waals surface area contributed by atoms with E-state index in [1.807, 2.05) is 0 Å². The van der Waals surface area contributed by atoms with Gasteiger partial charge in [0.2, 0.25) is 0 Å². The Balaban J connectivity index is 2.57. The third kappa shape index (κ3) is 2.30. The molecule has 84 valence electrons. The largest absolute Gasteiger partial charge is 0.417 e. The Kier molecular flexibility index (Phi) is 3.08. The van der Waals surface area contributed by atoms with Crippen molar-refractivity contribution in [3.8, 4) is 10.4 Å². The van der Waals surface area contributed by atoms with Crippen molar-refractivity contribution in [2.24, 2.45) is 0 Å². The van der Waals surface area contributed by atoms with Crippen LogP contribution in [0.1, 0.15) is 5.56 Å². The number of benzene rings is 1. The molecule has 0 saturated heterocycles. The molecule has 0 N–H and O–H groups in total. The number of rotatable bonds is 1. The summed E-state index contributed by atoms with van der Waals surface area (Å²) in [5.74, 6) is 0. The molecular formula is C11H6BrF3S. The predicted molar refractivity (Wildman–Crippen MR) is 62.5 cm³/mol. The average molecular weight is 307 g/mol. The Hall–Kier alpha value is -0.810. The maximum Gasteiger partial charge on any atom is 0.417 e. The Labute approximate surface area is 103 Å². The van der Waals surface area contributed by atoms with Crippen LogP contribution in [0, 0.1) is 0 Å². The number of hydrogen-bond donors (Lipinski definition) is 0. The van der Waals surface area contributed by atoms with E-state index in [0.717, 1.165) is 9.85 Å². The number of hydrogen-bond acceptors (Lipinski definition) is 1. The Morgan fingerprint density at radius 2 is 1.69 bits per heavy atom. The molecule has 0 bridgehead atoms. The molecule has 0 aliphatic heterocycles. The van der Waals surface area contributed by atoms with Gasteiger partial charge in [0.15, 0.2) is 0 Å². The van der Waals surface area contributed by atoms with Crippen LogP contribution in [0.4, 0.5) is 13.2 Å². The summed E-state index contributed by atoms with van der Waals surface area (Å²) < 4.78 is 39.0. The molecule has 0 radical (unpaired) electrons. The van der Waals surface area contributed by atoms with Crippen molar-refractivity contribution in [2.45, 2.75) is 6.18 Å². The molecular weight excluding hydrogens is 301 g/mol. The minimum absolute atomic E-state index is 0.228. The van der Waals surface area contributed by atoms with Gasteiger partial charge in [0, 0.05) is 10.4 Å². The van der Waals surface area contributed by atoms with Gasteiger partial charge in [-0.1, -0.05) is 18.2 Å². The standard InChI is InChI=1S/C11H6BrF3S/c12-10-6-5-9(16-10)7-3-1-2-4-8(7)11(13,14)15/h1-6H. The van der Waals surface area contributed by atoms with E-state index in [0.29, 0.717) is 4.88 Å². The molecule has 0 fully saturated rings. The molecule has 1 aromatic heterocycles. The van der Waals surface area contributed by atoms with Gasteiger partial charge in [-0.05, 0) is 34.1 Å². The molecule has 0 aliphatic carbocycles. The first-order valence-corrected chi connectivity index (χ1v) is 6.01. The third-order valence-electron chi connectivity index (χ3n) is 2.07. The second-order valence-corrected chi connectivity index (χ2v) is 5.61. The van der Waals surface area contributed by atoms with E-state index in [1.165, 1.54) is 23.5 Å². The van der Waals surface area contributed by atoms with Crippen LogP contribution in [-0.4, -0.2) is 0 Å². The molecule has 0 aliphatic rings. The van der Waals surface area contributed by atoms with Gasteiger partial charge >= 0.3 is 6.18 Å². The highest BCUT2D eigenvalue weighted by atomic mass is 79.9. The first-order valence-electron chi connectivity index (χ1n) is 4.40. The Morgan fingerprint density at radius 1 is 1.00 bits per heavy atom. The van der Waals surface area contributed by atoms with Crippen molar-refractivity contribution in [1.82, 2.24) is 0 Å². The van der Waals surface area contributed by atoms with E-state index in [9.17, 15) is 13.2 Å². The molecule has 0 atom stereocenters. The van der Waals surface area contributed by atoms with Crippen LogP contribution in [0.25, 0.3) is 10.4 Å². The summed E-state index contributed by atoms with van der Waals surface area (Å²) in [6.07, 6.45) is -4.31. The summed E-state index contributed by atoms with van der Waals surface area (Å²) in [5, 5.41) is 0. The summed E-state index contributed by atoms with van der Waals surface area (Å²) in [6, 6.07) is 9.02. The van der Waals surface area contributed by atoms with E-state index in [2.05, 4.69) is 15.9 Å². The molecule has 0 unspecified atom stereocenters. The first kappa shape index (κ1) is 11.7. The lowest BCUT2D eigenvalue weighted by atomic mass is 10.1. The fourth-order valence-corrected chi connectivity index (χ4v) is 2.83. The zero-order valence-corrected chi connectivity index (χ0v) is 10.3. The fourth-order valence-electron chi connectivity index (χ4n) is 1.40. The molecule has 1 heterocycles. The second kappa shape index (κ2) is 4.22. The van der Waals surface area contributed by atoms with Gasteiger partial charge in [-0.3, -0.25) is 0 Å². The van der Waals surface area contributed by atoms with Crippen molar-refractivity contribution >= 4 is 27.3 Å². The van der Waals surface area contributed by atoms with Gasteiger partial charge in [-0.25, -0.2) is 0 Å². The molecule has 5 heteroatoms. The smallest absolute Gasteiger partial charge is 0.166 e. The van der Waals surface area contributed by atoms with Crippen molar-refractivity contribution < 1.29 is 13.2 Å². The number of alkyl halides is 3. The minimum Gasteiger partial charge on any atom is -0.166 e. The van der Waals surface area contributed by atoms with E-state index >= 15 is 0 Å². The van der Waals surface area contributed by atoms with Gasteiger partial charge in [-0.15, -0.1) is 11.3 Å². The number of thiophene rings is 1. The van der Waals surface area contributed by atoms with Crippen molar-refractivity contribution in [2.75, 3.05) is 0 Å².